The highest BCUT2D eigenvalue weighted by molar-refractivity contribution is 7.09. The normalized spacial score (nSPS) is 11.5. The monoisotopic (exact) mass is 280 g/mol. The van der Waals surface area contributed by atoms with Crippen molar-refractivity contribution in [3.8, 4) is 0 Å². The van der Waals surface area contributed by atoms with Crippen molar-refractivity contribution >= 4 is 34.1 Å². The molecule has 3 rings (SSSR count). The summed E-state index contributed by atoms with van der Waals surface area (Å²) in [6.45, 7) is 2.78. The van der Waals surface area contributed by atoms with Gasteiger partial charge in [0.2, 0.25) is 0 Å². The molecule has 0 spiro atoms. The van der Waals surface area contributed by atoms with Crippen molar-refractivity contribution in [3.05, 3.63) is 33.9 Å². The molecule has 3 aromatic rings. The minimum Gasteiger partial charge on any atom is -0.307 e. The number of hydrogen-bond acceptors (Lipinski definition) is 3. The van der Waals surface area contributed by atoms with E-state index in [0.717, 1.165) is 29.2 Å². The van der Waals surface area contributed by atoms with Crippen molar-refractivity contribution in [1.29, 1.82) is 0 Å². The molecule has 94 valence electrons. The van der Waals surface area contributed by atoms with E-state index < -0.39 is 0 Å². The second-order valence-corrected chi connectivity index (χ2v) is 5.51. The van der Waals surface area contributed by atoms with Crippen LogP contribution in [-0.4, -0.2) is 19.3 Å². The maximum atomic E-state index is 6.00. The second-order valence-electron chi connectivity index (χ2n) is 4.21. The SMILES string of the molecule is Cc1nn(C)c2c1nc(CCl)n2Cc1cccs1. The predicted octanol–water partition coefficient (Wildman–Crippen LogP) is 2.93. The molecule has 0 aliphatic carbocycles. The molecule has 0 saturated heterocycles. The molecule has 0 unspecified atom stereocenters. The van der Waals surface area contributed by atoms with Crippen LogP contribution in [0.15, 0.2) is 17.5 Å². The fraction of sp³-hybridized carbons (Fsp3) is 0.333. The maximum Gasteiger partial charge on any atom is 0.159 e. The van der Waals surface area contributed by atoms with E-state index in [1.807, 2.05) is 18.7 Å². The highest BCUT2D eigenvalue weighted by atomic mass is 35.5. The van der Waals surface area contributed by atoms with E-state index in [2.05, 4.69) is 32.2 Å². The lowest BCUT2D eigenvalue weighted by molar-refractivity contribution is 0.706. The molecule has 0 aliphatic rings. The highest BCUT2D eigenvalue weighted by Crippen LogP contribution is 2.22. The van der Waals surface area contributed by atoms with Crippen LogP contribution in [0.2, 0.25) is 0 Å². The van der Waals surface area contributed by atoms with Gasteiger partial charge >= 0.3 is 0 Å². The average Bonchev–Trinajstić information content (AvgIpc) is 3.01. The van der Waals surface area contributed by atoms with Crippen LogP contribution in [0.25, 0.3) is 11.2 Å². The Balaban J connectivity index is 2.18. The summed E-state index contributed by atoms with van der Waals surface area (Å²) in [5.41, 5.74) is 2.94. The van der Waals surface area contributed by atoms with Crippen LogP contribution in [0, 0.1) is 6.92 Å². The number of aromatic nitrogens is 4. The number of aryl methyl sites for hydroxylation is 2. The largest absolute Gasteiger partial charge is 0.307 e. The minimum absolute atomic E-state index is 0.416. The first-order valence-electron chi connectivity index (χ1n) is 5.67. The summed E-state index contributed by atoms with van der Waals surface area (Å²) in [6, 6.07) is 4.18. The van der Waals surface area contributed by atoms with Crippen LogP contribution >= 0.6 is 22.9 Å². The van der Waals surface area contributed by atoms with Gasteiger partial charge in [0.25, 0.3) is 0 Å². The number of hydrogen-bond donors (Lipinski definition) is 0. The molecule has 4 nitrogen and oxygen atoms in total. The van der Waals surface area contributed by atoms with E-state index in [4.69, 9.17) is 11.6 Å². The van der Waals surface area contributed by atoms with Gasteiger partial charge in [-0.1, -0.05) is 6.07 Å². The predicted molar refractivity (Wildman–Crippen MR) is 74.2 cm³/mol. The van der Waals surface area contributed by atoms with Gasteiger partial charge in [0.15, 0.2) is 5.65 Å². The van der Waals surface area contributed by atoms with Crippen LogP contribution in [0.3, 0.4) is 0 Å². The van der Waals surface area contributed by atoms with Crippen LogP contribution in [0.4, 0.5) is 0 Å². The van der Waals surface area contributed by atoms with Crippen LogP contribution < -0.4 is 0 Å². The van der Waals surface area contributed by atoms with Crippen molar-refractivity contribution in [2.45, 2.75) is 19.3 Å². The Morgan fingerprint density at radius 3 is 2.94 bits per heavy atom. The number of nitrogens with zero attached hydrogens (tertiary/aromatic N) is 4. The van der Waals surface area contributed by atoms with Gasteiger partial charge in [-0.2, -0.15) is 5.10 Å². The van der Waals surface area contributed by atoms with E-state index in [1.165, 1.54) is 4.88 Å². The van der Waals surface area contributed by atoms with Gasteiger partial charge in [-0.25, -0.2) is 4.98 Å². The van der Waals surface area contributed by atoms with Gasteiger partial charge < -0.3 is 4.57 Å². The summed E-state index contributed by atoms with van der Waals surface area (Å²) in [5.74, 6) is 1.32. The zero-order chi connectivity index (χ0) is 12.7. The minimum atomic E-state index is 0.416. The molecule has 0 radical (unpaired) electrons. The second kappa shape index (κ2) is 4.40. The first-order valence-corrected chi connectivity index (χ1v) is 7.09. The molecule has 0 bridgehead atoms. The number of thiophene rings is 1. The van der Waals surface area contributed by atoms with Crippen LogP contribution in [0.5, 0.6) is 0 Å². The first kappa shape index (κ1) is 11.7. The van der Waals surface area contributed by atoms with Gasteiger partial charge in [-0.3, -0.25) is 4.68 Å². The third kappa shape index (κ3) is 1.74. The zero-order valence-electron chi connectivity index (χ0n) is 10.2. The topological polar surface area (TPSA) is 35.6 Å². The number of halogens is 1. The number of imidazole rings is 1. The lowest BCUT2D eigenvalue weighted by Crippen LogP contribution is -2.06. The summed E-state index contributed by atoms with van der Waals surface area (Å²) in [7, 11) is 1.94. The van der Waals surface area contributed by atoms with Crippen molar-refractivity contribution < 1.29 is 0 Å². The fourth-order valence-electron chi connectivity index (χ4n) is 2.21. The summed E-state index contributed by atoms with van der Waals surface area (Å²) in [5, 5.41) is 6.49. The zero-order valence-corrected chi connectivity index (χ0v) is 11.8. The van der Waals surface area contributed by atoms with Gasteiger partial charge in [0, 0.05) is 11.9 Å². The quantitative estimate of drug-likeness (QED) is 0.692. The van der Waals surface area contributed by atoms with Gasteiger partial charge in [-0.15, -0.1) is 22.9 Å². The molecular formula is C12H13ClN4S. The molecule has 0 saturated carbocycles. The Morgan fingerprint density at radius 2 is 2.28 bits per heavy atom. The van der Waals surface area contributed by atoms with E-state index >= 15 is 0 Å². The van der Waals surface area contributed by atoms with Crippen molar-refractivity contribution in [2.24, 2.45) is 7.05 Å². The summed E-state index contributed by atoms with van der Waals surface area (Å²) in [4.78, 5) is 5.88. The Morgan fingerprint density at radius 1 is 1.44 bits per heavy atom. The summed E-state index contributed by atoms with van der Waals surface area (Å²) in [6.07, 6.45) is 0. The number of fused-ring (bicyclic) bond motifs is 1. The molecule has 18 heavy (non-hydrogen) atoms. The van der Waals surface area contributed by atoms with Gasteiger partial charge in [0.05, 0.1) is 18.1 Å². The Hall–Kier alpha value is -1.33. The standard InChI is InChI=1S/C12H13ClN4S/c1-8-11-12(16(2)15-8)17(10(6-13)14-11)7-9-4-3-5-18-9/h3-5H,6-7H2,1-2H3. The Bertz CT molecular complexity index is 681. The smallest absolute Gasteiger partial charge is 0.159 e. The van der Waals surface area contributed by atoms with E-state index in [1.54, 1.807) is 11.3 Å². The van der Waals surface area contributed by atoms with Crippen molar-refractivity contribution in [3.63, 3.8) is 0 Å². The van der Waals surface area contributed by atoms with Crippen LogP contribution in [0.1, 0.15) is 16.4 Å². The third-order valence-corrected chi connectivity index (χ3v) is 4.08. The van der Waals surface area contributed by atoms with Gasteiger partial charge in [0.1, 0.15) is 11.3 Å². The third-order valence-electron chi connectivity index (χ3n) is 2.98. The molecule has 3 aromatic heterocycles. The lowest BCUT2D eigenvalue weighted by atomic mass is 10.4. The molecule has 0 aliphatic heterocycles. The molecule has 3 heterocycles. The lowest BCUT2D eigenvalue weighted by Gasteiger charge is -2.06. The molecule has 6 heteroatoms. The average molecular weight is 281 g/mol. The molecule has 0 N–H and O–H groups in total. The van der Waals surface area contributed by atoms with Gasteiger partial charge in [-0.05, 0) is 18.4 Å². The molecule has 0 fully saturated rings. The van der Waals surface area contributed by atoms with Crippen molar-refractivity contribution in [2.75, 3.05) is 0 Å². The number of alkyl halides is 1. The van der Waals surface area contributed by atoms with E-state index in [0.29, 0.717) is 5.88 Å². The van der Waals surface area contributed by atoms with Crippen molar-refractivity contribution in [1.82, 2.24) is 19.3 Å². The number of rotatable bonds is 3. The Labute approximate surface area is 114 Å². The molecular weight excluding hydrogens is 268 g/mol. The summed E-state index contributed by atoms with van der Waals surface area (Å²) >= 11 is 7.74. The van der Waals surface area contributed by atoms with E-state index in [9.17, 15) is 0 Å². The molecule has 0 atom stereocenters. The van der Waals surface area contributed by atoms with E-state index in [-0.39, 0.29) is 0 Å². The highest BCUT2D eigenvalue weighted by Gasteiger charge is 2.16. The summed E-state index contributed by atoms with van der Waals surface area (Å²) < 4.78 is 4.02. The fourth-order valence-corrected chi connectivity index (χ4v) is 3.10. The van der Waals surface area contributed by atoms with Crippen LogP contribution in [-0.2, 0) is 19.5 Å². The Kier molecular flexibility index (Phi) is 2.87. The first-order chi connectivity index (χ1) is 8.70. The molecule has 0 aromatic carbocycles. The maximum absolute atomic E-state index is 6.00. The molecule has 0 amide bonds.